The quantitative estimate of drug-likeness (QED) is 0.794. The fourth-order valence-corrected chi connectivity index (χ4v) is 2.30. The smallest absolute Gasteiger partial charge is 0.254 e. The molecule has 5 heteroatoms. The number of nitrogens with one attached hydrogen (secondary N) is 1. The number of hydrogen-bond acceptors (Lipinski definition) is 3. The lowest BCUT2D eigenvalue weighted by Gasteiger charge is -2.03. The van der Waals surface area contributed by atoms with Crippen molar-refractivity contribution < 1.29 is 0 Å². The summed E-state index contributed by atoms with van der Waals surface area (Å²) in [6.07, 6.45) is 4.53. The van der Waals surface area contributed by atoms with Gasteiger partial charge in [0.15, 0.2) is 0 Å². The van der Waals surface area contributed by atoms with Crippen molar-refractivity contribution in [3.05, 3.63) is 33.5 Å². The van der Waals surface area contributed by atoms with Gasteiger partial charge in [0.05, 0.1) is 17.5 Å². The molecule has 88 valence electrons. The molecule has 0 amide bonds. The van der Waals surface area contributed by atoms with Gasteiger partial charge in [-0.15, -0.1) is 0 Å². The minimum Gasteiger partial charge on any atom is -0.306 e. The van der Waals surface area contributed by atoms with Crippen molar-refractivity contribution in [2.45, 2.75) is 26.2 Å². The minimum atomic E-state index is 0.00533. The highest BCUT2D eigenvalue weighted by molar-refractivity contribution is 5.57. The van der Waals surface area contributed by atoms with Crippen molar-refractivity contribution in [1.82, 2.24) is 19.7 Å². The van der Waals surface area contributed by atoms with Crippen LogP contribution in [0.5, 0.6) is 0 Å². The number of aromatic nitrogens is 4. The van der Waals surface area contributed by atoms with Crippen LogP contribution in [0.1, 0.15) is 23.4 Å². The Bertz CT molecular complexity index is 638. The average Bonchev–Trinajstić information content (AvgIpc) is 2.88. The molecule has 0 unspecified atom stereocenters. The number of fused-ring (bicyclic) bond motifs is 1. The van der Waals surface area contributed by atoms with Crippen molar-refractivity contribution in [2.75, 3.05) is 0 Å². The van der Waals surface area contributed by atoms with Gasteiger partial charge < -0.3 is 4.98 Å². The molecule has 1 N–H and O–H groups in total. The Morgan fingerprint density at radius 2 is 2.24 bits per heavy atom. The molecule has 5 nitrogen and oxygen atoms in total. The Morgan fingerprint density at radius 3 is 2.94 bits per heavy atom. The first-order chi connectivity index (χ1) is 8.16. The molecule has 2 aromatic rings. The van der Waals surface area contributed by atoms with E-state index in [1.54, 1.807) is 10.9 Å². The summed E-state index contributed by atoms with van der Waals surface area (Å²) in [6, 6.07) is 0. The molecular formula is C12H14N4O. The van der Waals surface area contributed by atoms with Crippen LogP contribution in [0.4, 0.5) is 0 Å². The predicted molar refractivity (Wildman–Crippen MR) is 63.8 cm³/mol. The monoisotopic (exact) mass is 230 g/mol. The summed E-state index contributed by atoms with van der Waals surface area (Å²) >= 11 is 0. The van der Waals surface area contributed by atoms with Crippen LogP contribution in [0.3, 0.4) is 0 Å². The maximum absolute atomic E-state index is 11.9. The third-order valence-corrected chi connectivity index (χ3v) is 3.43. The summed E-state index contributed by atoms with van der Waals surface area (Å²) in [6.45, 7) is 1.97. The number of H-pyrrole nitrogens is 1. The first-order valence-corrected chi connectivity index (χ1v) is 5.78. The number of nitrogens with zero attached hydrogens (tertiary/aromatic N) is 3. The lowest BCUT2D eigenvalue weighted by molar-refractivity contribution is 0.740. The zero-order valence-electron chi connectivity index (χ0n) is 9.95. The summed E-state index contributed by atoms with van der Waals surface area (Å²) in [5.74, 6) is 0.640. The van der Waals surface area contributed by atoms with E-state index in [0.29, 0.717) is 5.82 Å². The maximum atomic E-state index is 11.9. The SMILES string of the molecule is Cc1c(-c2nc3c(c(=O)[nH]2)CCC3)cnn1C. The molecule has 0 bridgehead atoms. The van der Waals surface area contributed by atoms with Crippen molar-refractivity contribution in [2.24, 2.45) is 7.05 Å². The van der Waals surface area contributed by atoms with E-state index in [0.717, 1.165) is 41.8 Å². The molecule has 17 heavy (non-hydrogen) atoms. The van der Waals surface area contributed by atoms with E-state index in [-0.39, 0.29) is 5.56 Å². The molecule has 0 aromatic carbocycles. The zero-order valence-corrected chi connectivity index (χ0v) is 9.95. The van der Waals surface area contributed by atoms with Crippen LogP contribution in [0, 0.1) is 6.92 Å². The van der Waals surface area contributed by atoms with Gasteiger partial charge in [-0.1, -0.05) is 0 Å². The Balaban J connectivity index is 2.20. The first-order valence-electron chi connectivity index (χ1n) is 5.78. The minimum absolute atomic E-state index is 0.00533. The van der Waals surface area contributed by atoms with Crippen LogP contribution < -0.4 is 5.56 Å². The van der Waals surface area contributed by atoms with E-state index < -0.39 is 0 Å². The van der Waals surface area contributed by atoms with E-state index in [9.17, 15) is 4.79 Å². The number of aromatic amines is 1. The standard InChI is InChI=1S/C12H14N4O/c1-7-9(6-13-16(7)2)11-14-10-5-3-4-8(10)12(17)15-11/h6H,3-5H2,1-2H3,(H,14,15,17). The lowest BCUT2D eigenvalue weighted by Crippen LogP contribution is -2.15. The van der Waals surface area contributed by atoms with Gasteiger partial charge in [-0.2, -0.15) is 5.10 Å². The normalized spacial score (nSPS) is 14.0. The van der Waals surface area contributed by atoms with Gasteiger partial charge in [0, 0.05) is 18.3 Å². The third-order valence-electron chi connectivity index (χ3n) is 3.43. The van der Waals surface area contributed by atoms with Crippen LogP contribution in [-0.4, -0.2) is 19.7 Å². The second-order valence-electron chi connectivity index (χ2n) is 4.46. The molecule has 0 spiro atoms. The van der Waals surface area contributed by atoms with Crippen LogP contribution in [-0.2, 0) is 19.9 Å². The molecule has 1 aliphatic rings. The first kappa shape index (κ1) is 10.3. The fraction of sp³-hybridized carbons (Fsp3) is 0.417. The molecule has 1 aliphatic carbocycles. The molecular weight excluding hydrogens is 216 g/mol. The summed E-state index contributed by atoms with van der Waals surface area (Å²) in [5, 5.41) is 4.17. The van der Waals surface area contributed by atoms with Crippen LogP contribution >= 0.6 is 0 Å². The van der Waals surface area contributed by atoms with E-state index >= 15 is 0 Å². The zero-order chi connectivity index (χ0) is 12.0. The van der Waals surface area contributed by atoms with Gasteiger partial charge in [0.1, 0.15) is 5.82 Å². The second kappa shape index (κ2) is 3.55. The molecule has 0 fully saturated rings. The summed E-state index contributed by atoms with van der Waals surface area (Å²) in [4.78, 5) is 19.3. The van der Waals surface area contributed by atoms with Crippen LogP contribution in [0.15, 0.2) is 11.0 Å². The topological polar surface area (TPSA) is 63.6 Å². The number of hydrogen-bond donors (Lipinski definition) is 1. The molecule has 0 saturated heterocycles. The highest BCUT2D eigenvalue weighted by Crippen LogP contribution is 2.21. The number of rotatable bonds is 1. The second-order valence-corrected chi connectivity index (χ2v) is 4.46. The van der Waals surface area contributed by atoms with Crippen LogP contribution in [0.25, 0.3) is 11.4 Å². The summed E-state index contributed by atoms with van der Waals surface area (Å²) in [7, 11) is 1.88. The largest absolute Gasteiger partial charge is 0.306 e. The van der Waals surface area contributed by atoms with Gasteiger partial charge in [0.2, 0.25) is 0 Å². The van der Waals surface area contributed by atoms with Crippen LogP contribution in [0.2, 0.25) is 0 Å². The van der Waals surface area contributed by atoms with E-state index in [1.165, 1.54) is 0 Å². The predicted octanol–water partition coefficient (Wildman–Crippen LogP) is 0.968. The summed E-state index contributed by atoms with van der Waals surface area (Å²) < 4.78 is 1.78. The fourth-order valence-electron chi connectivity index (χ4n) is 2.30. The maximum Gasteiger partial charge on any atom is 0.254 e. The Kier molecular flexibility index (Phi) is 2.14. The van der Waals surface area contributed by atoms with Gasteiger partial charge in [0.25, 0.3) is 5.56 Å². The molecule has 0 atom stereocenters. The van der Waals surface area contributed by atoms with E-state index in [4.69, 9.17) is 0 Å². The van der Waals surface area contributed by atoms with Crippen molar-refractivity contribution >= 4 is 0 Å². The van der Waals surface area contributed by atoms with Crippen molar-refractivity contribution in [3.8, 4) is 11.4 Å². The van der Waals surface area contributed by atoms with E-state index in [2.05, 4.69) is 15.1 Å². The number of aryl methyl sites for hydroxylation is 2. The molecule has 0 radical (unpaired) electrons. The Labute approximate surface area is 98.5 Å². The van der Waals surface area contributed by atoms with Gasteiger partial charge >= 0.3 is 0 Å². The Morgan fingerprint density at radius 1 is 1.41 bits per heavy atom. The van der Waals surface area contributed by atoms with Gasteiger partial charge in [-0.05, 0) is 26.2 Å². The highest BCUT2D eigenvalue weighted by atomic mass is 16.1. The van der Waals surface area contributed by atoms with E-state index in [1.807, 2.05) is 14.0 Å². The van der Waals surface area contributed by atoms with Gasteiger partial charge in [-0.25, -0.2) is 4.98 Å². The molecule has 3 rings (SSSR count). The average molecular weight is 230 g/mol. The molecule has 0 aliphatic heterocycles. The molecule has 2 aromatic heterocycles. The lowest BCUT2D eigenvalue weighted by atomic mass is 10.2. The highest BCUT2D eigenvalue weighted by Gasteiger charge is 2.18. The van der Waals surface area contributed by atoms with Crippen molar-refractivity contribution in [1.29, 1.82) is 0 Å². The Hall–Kier alpha value is -1.91. The molecule has 0 saturated carbocycles. The third kappa shape index (κ3) is 1.50. The van der Waals surface area contributed by atoms with Gasteiger partial charge in [-0.3, -0.25) is 9.48 Å². The molecule has 2 heterocycles. The summed E-state index contributed by atoms with van der Waals surface area (Å²) in [5.41, 5.74) is 3.72. The van der Waals surface area contributed by atoms with Crippen molar-refractivity contribution in [3.63, 3.8) is 0 Å².